The highest BCUT2D eigenvalue weighted by atomic mass is 16.6. The van der Waals surface area contributed by atoms with Crippen LogP contribution in [0.4, 0.5) is 4.79 Å². The van der Waals surface area contributed by atoms with Gasteiger partial charge in [-0.15, -0.1) is 0 Å². The predicted octanol–water partition coefficient (Wildman–Crippen LogP) is 4.09. The highest BCUT2D eigenvalue weighted by Crippen LogP contribution is 2.23. The Bertz CT molecular complexity index is 519. The van der Waals surface area contributed by atoms with Gasteiger partial charge in [0, 0.05) is 18.1 Å². The zero-order valence-electron chi connectivity index (χ0n) is 15.0. The first kappa shape index (κ1) is 17.8. The summed E-state index contributed by atoms with van der Waals surface area (Å²) in [5.74, 6) is 0. The van der Waals surface area contributed by atoms with Crippen LogP contribution < -0.4 is 10.6 Å². The number of amides is 1. The fourth-order valence-electron chi connectivity index (χ4n) is 3.04. The smallest absolute Gasteiger partial charge is 0.407 e. The molecule has 0 aromatic heterocycles. The van der Waals surface area contributed by atoms with Crippen LogP contribution in [0.25, 0.3) is 0 Å². The van der Waals surface area contributed by atoms with E-state index >= 15 is 0 Å². The minimum atomic E-state index is -0.444. The van der Waals surface area contributed by atoms with Crippen LogP contribution in [0.5, 0.6) is 0 Å². The van der Waals surface area contributed by atoms with Crippen molar-refractivity contribution in [1.82, 2.24) is 10.6 Å². The predicted molar refractivity (Wildman–Crippen MR) is 93.5 cm³/mol. The average molecular weight is 318 g/mol. The molecule has 128 valence electrons. The number of ether oxygens (including phenoxy) is 1. The van der Waals surface area contributed by atoms with E-state index in [9.17, 15) is 4.79 Å². The van der Waals surface area contributed by atoms with E-state index in [1.165, 1.54) is 11.1 Å². The van der Waals surface area contributed by atoms with Gasteiger partial charge in [0.05, 0.1) is 0 Å². The van der Waals surface area contributed by atoms with Gasteiger partial charge in [0.1, 0.15) is 5.60 Å². The van der Waals surface area contributed by atoms with Gasteiger partial charge < -0.3 is 15.4 Å². The third kappa shape index (κ3) is 5.87. The van der Waals surface area contributed by atoms with Gasteiger partial charge in [-0.05, 0) is 59.4 Å². The van der Waals surface area contributed by atoms with Crippen molar-refractivity contribution >= 4 is 6.09 Å². The van der Waals surface area contributed by atoms with Crippen LogP contribution in [-0.4, -0.2) is 23.8 Å². The van der Waals surface area contributed by atoms with Crippen molar-refractivity contribution < 1.29 is 9.53 Å². The monoisotopic (exact) mass is 318 g/mol. The maximum Gasteiger partial charge on any atom is 0.407 e. The molecule has 0 radical (unpaired) electrons. The molecule has 4 nitrogen and oxygen atoms in total. The van der Waals surface area contributed by atoms with Crippen molar-refractivity contribution in [3.05, 3.63) is 35.4 Å². The summed E-state index contributed by atoms with van der Waals surface area (Å²) < 4.78 is 5.33. The highest BCUT2D eigenvalue weighted by Gasteiger charge is 2.28. The van der Waals surface area contributed by atoms with E-state index in [1.807, 2.05) is 20.8 Å². The first-order chi connectivity index (χ1) is 10.7. The Morgan fingerprint density at radius 2 is 1.78 bits per heavy atom. The lowest BCUT2D eigenvalue weighted by atomic mass is 10.1. The van der Waals surface area contributed by atoms with Gasteiger partial charge in [0.25, 0.3) is 0 Å². The maximum absolute atomic E-state index is 11.8. The number of aryl methyl sites for hydroxylation is 1. The molecule has 3 unspecified atom stereocenters. The minimum absolute atomic E-state index is 0.201. The molecule has 1 aromatic rings. The first-order valence-corrected chi connectivity index (χ1v) is 8.55. The molecule has 23 heavy (non-hydrogen) atoms. The van der Waals surface area contributed by atoms with E-state index in [0.29, 0.717) is 12.1 Å². The molecule has 0 aliphatic heterocycles. The minimum Gasteiger partial charge on any atom is -0.444 e. The Balaban J connectivity index is 1.79. The molecule has 3 atom stereocenters. The van der Waals surface area contributed by atoms with Crippen LogP contribution in [0.3, 0.4) is 0 Å². The summed E-state index contributed by atoms with van der Waals surface area (Å²) in [6.07, 6.45) is 2.72. The molecule has 0 bridgehead atoms. The summed E-state index contributed by atoms with van der Waals surface area (Å²) >= 11 is 0. The lowest BCUT2D eigenvalue weighted by Gasteiger charge is -2.22. The Morgan fingerprint density at radius 1 is 1.17 bits per heavy atom. The summed E-state index contributed by atoms with van der Waals surface area (Å²) in [4.78, 5) is 11.8. The average Bonchev–Trinajstić information content (AvgIpc) is 2.84. The summed E-state index contributed by atoms with van der Waals surface area (Å²) in [6.45, 7) is 9.95. The number of carbonyl (C=O) groups excluding carboxylic acids is 1. The van der Waals surface area contributed by atoms with E-state index < -0.39 is 5.60 Å². The van der Waals surface area contributed by atoms with E-state index in [0.717, 1.165) is 19.3 Å². The van der Waals surface area contributed by atoms with Gasteiger partial charge in [-0.25, -0.2) is 4.79 Å². The zero-order valence-corrected chi connectivity index (χ0v) is 15.0. The van der Waals surface area contributed by atoms with E-state index in [1.54, 1.807) is 0 Å². The fourth-order valence-corrected chi connectivity index (χ4v) is 3.04. The summed E-state index contributed by atoms with van der Waals surface area (Å²) in [6, 6.07) is 9.61. The third-order valence-electron chi connectivity index (χ3n) is 4.22. The molecular formula is C19H30N2O2. The van der Waals surface area contributed by atoms with Crippen molar-refractivity contribution in [2.45, 2.75) is 77.6 Å². The molecule has 1 aliphatic carbocycles. The van der Waals surface area contributed by atoms with Gasteiger partial charge in [-0.2, -0.15) is 0 Å². The normalized spacial score (nSPS) is 22.7. The number of nitrogens with one attached hydrogen (secondary N) is 2. The number of benzene rings is 1. The van der Waals surface area contributed by atoms with Crippen molar-refractivity contribution in [2.24, 2.45) is 0 Å². The topological polar surface area (TPSA) is 50.4 Å². The Hall–Kier alpha value is -1.55. The third-order valence-corrected chi connectivity index (χ3v) is 4.22. The quantitative estimate of drug-likeness (QED) is 0.879. The highest BCUT2D eigenvalue weighted by molar-refractivity contribution is 5.68. The molecule has 0 spiro atoms. The van der Waals surface area contributed by atoms with Gasteiger partial charge in [0.15, 0.2) is 0 Å². The van der Waals surface area contributed by atoms with Gasteiger partial charge in [-0.3, -0.25) is 0 Å². The molecule has 1 amide bonds. The molecule has 0 saturated heterocycles. The zero-order chi connectivity index (χ0) is 17.0. The van der Waals surface area contributed by atoms with E-state index in [4.69, 9.17) is 4.74 Å². The molecule has 1 aromatic carbocycles. The number of hydrogen-bond acceptors (Lipinski definition) is 3. The van der Waals surface area contributed by atoms with Gasteiger partial charge in [0.2, 0.25) is 0 Å². The van der Waals surface area contributed by atoms with Crippen molar-refractivity contribution in [2.75, 3.05) is 0 Å². The lowest BCUT2D eigenvalue weighted by Crippen LogP contribution is -2.39. The number of carbonyl (C=O) groups is 1. The van der Waals surface area contributed by atoms with Crippen LogP contribution in [0.15, 0.2) is 24.3 Å². The molecular weight excluding hydrogens is 288 g/mol. The molecule has 1 aliphatic rings. The van der Waals surface area contributed by atoms with E-state index in [2.05, 4.69) is 48.7 Å². The summed E-state index contributed by atoms with van der Waals surface area (Å²) in [5, 5.41) is 6.66. The maximum atomic E-state index is 11.8. The van der Waals surface area contributed by atoms with Crippen molar-refractivity contribution in [3.8, 4) is 0 Å². The van der Waals surface area contributed by atoms with Crippen LogP contribution in [0, 0.1) is 6.92 Å². The van der Waals surface area contributed by atoms with Crippen LogP contribution >= 0.6 is 0 Å². The molecule has 0 heterocycles. The Labute approximate surface area is 140 Å². The van der Waals surface area contributed by atoms with Crippen LogP contribution in [0.2, 0.25) is 0 Å². The molecule has 1 saturated carbocycles. The second kappa shape index (κ2) is 7.35. The van der Waals surface area contributed by atoms with Gasteiger partial charge in [-0.1, -0.05) is 29.8 Å². The van der Waals surface area contributed by atoms with Gasteiger partial charge >= 0.3 is 6.09 Å². The second-order valence-electron chi connectivity index (χ2n) is 7.65. The van der Waals surface area contributed by atoms with E-state index in [-0.39, 0.29) is 12.1 Å². The molecule has 1 fully saturated rings. The first-order valence-electron chi connectivity index (χ1n) is 8.55. The Kier molecular flexibility index (Phi) is 5.69. The SMILES string of the molecule is Cc1ccc(C(C)NC2CCC(NC(=O)OC(C)(C)C)C2)cc1. The largest absolute Gasteiger partial charge is 0.444 e. The van der Waals surface area contributed by atoms with Crippen molar-refractivity contribution in [3.63, 3.8) is 0 Å². The second-order valence-corrected chi connectivity index (χ2v) is 7.65. The lowest BCUT2D eigenvalue weighted by molar-refractivity contribution is 0.0505. The fraction of sp³-hybridized carbons (Fsp3) is 0.632. The number of rotatable bonds is 4. The van der Waals surface area contributed by atoms with Crippen LogP contribution in [-0.2, 0) is 4.74 Å². The standard InChI is InChI=1S/C19H30N2O2/c1-13-6-8-15(9-7-13)14(2)20-16-10-11-17(12-16)21-18(22)23-19(3,4)5/h6-9,14,16-17,20H,10-12H2,1-5H3,(H,21,22). The number of alkyl carbamates (subject to hydrolysis) is 1. The van der Waals surface area contributed by atoms with Crippen molar-refractivity contribution in [1.29, 1.82) is 0 Å². The molecule has 2 rings (SSSR count). The van der Waals surface area contributed by atoms with Crippen LogP contribution in [0.1, 0.15) is 64.1 Å². The summed E-state index contributed by atoms with van der Waals surface area (Å²) in [7, 11) is 0. The molecule has 2 N–H and O–H groups in total. The summed E-state index contributed by atoms with van der Waals surface area (Å²) in [5.41, 5.74) is 2.14. The number of hydrogen-bond donors (Lipinski definition) is 2. The Morgan fingerprint density at radius 3 is 2.39 bits per heavy atom. The molecule has 4 heteroatoms.